The SMILES string of the molecule is NCc1ccc(F)cc1-n1nnc2ccccc21. The minimum Gasteiger partial charge on any atom is -0.326 e. The van der Waals surface area contributed by atoms with Gasteiger partial charge in [0.2, 0.25) is 0 Å². The molecular weight excluding hydrogens is 231 g/mol. The summed E-state index contributed by atoms with van der Waals surface area (Å²) in [5, 5.41) is 8.11. The van der Waals surface area contributed by atoms with Crippen LogP contribution in [0.4, 0.5) is 4.39 Å². The maximum absolute atomic E-state index is 13.4. The maximum Gasteiger partial charge on any atom is 0.125 e. The summed E-state index contributed by atoms with van der Waals surface area (Å²) in [6.07, 6.45) is 0. The molecule has 0 saturated heterocycles. The molecule has 0 radical (unpaired) electrons. The van der Waals surface area contributed by atoms with Gasteiger partial charge in [-0.25, -0.2) is 9.07 Å². The van der Waals surface area contributed by atoms with Crippen molar-refractivity contribution in [2.45, 2.75) is 6.54 Å². The van der Waals surface area contributed by atoms with Crippen LogP contribution < -0.4 is 5.73 Å². The molecule has 0 fully saturated rings. The second-order valence-electron chi connectivity index (χ2n) is 3.97. The van der Waals surface area contributed by atoms with Gasteiger partial charge in [-0.1, -0.05) is 23.4 Å². The molecule has 1 aromatic heterocycles. The normalized spacial score (nSPS) is 11.0. The van der Waals surface area contributed by atoms with E-state index in [0.717, 1.165) is 16.6 Å². The van der Waals surface area contributed by atoms with Crippen molar-refractivity contribution < 1.29 is 4.39 Å². The Labute approximate surface area is 103 Å². The van der Waals surface area contributed by atoms with Crippen LogP contribution in [-0.4, -0.2) is 15.0 Å². The van der Waals surface area contributed by atoms with Crippen molar-refractivity contribution >= 4 is 11.0 Å². The van der Waals surface area contributed by atoms with Gasteiger partial charge in [-0.3, -0.25) is 0 Å². The molecule has 2 aromatic carbocycles. The zero-order valence-electron chi connectivity index (χ0n) is 9.55. The molecule has 0 aliphatic rings. The van der Waals surface area contributed by atoms with Crippen LogP contribution in [0, 0.1) is 5.82 Å². The number of nitrogens with two attached hydrogens (primary N) is 1. The lowest BCUT2D eigenvalue weighted by molar-refractivity contribution is 0.624. The van der Waals surface area contributed by atoms with Crippen LogP contribution in [0.25, 0.3) is 16.7 Å². The number of aromatic nitrogens is 3. The van der Waals surface area contributed by atoms with Crippen molar-refractivity contribution in [3.8, 4) is 5.69 Å². The summed E-state index contributed by atoms with van der Waals surface area (Å²) in [6, 6.07) is 12.0. The Morgan fingerprint density at radius 1 is 1.17 bits per heavy atom. The summed E-state index contributed by atoms with van der Waals surface area (Å²) in [4.78, 5) is 0. The van der Waals surface area contributed by atoms with E-state index >= 15 is 0 Å². The molecule has 1 heterocycles. The van der Waals surface area contributed by atoms with Crippen molar-refractivity contribution in [3.63, 3.8) is 0 Å². The number of halogens is 1. The van der Waals surface area contributed by atoms with Gasteiger partial charge in [-0.2, -0.15) is 0 Å². The predicted molar refractivity (Wildman–Crippen MR) is 66.7 cm³/mol. The highest BCUT2D eigenvalue weighted by atomic mass is 19.1. The van der Waals surface area contributed by atoms with E-state index in [4.69, 9.17) is 5.73 Å². The third-order valence-corrected chi connectivity index (χ3v) is 2.85. The molecule has 0 saturated carbocycles. The van der Waals surface area contributed by atoms with E-state index in [1.54, 1.807) is 10.7 Å². The fraction of sp³-hybridized carbons (Fsp3) is 0.0769. The Balaban J connectivity index is 2.29. The highest BCUT2D eigenvalue weighted by molar-refractivity contribution is 5.76. The topological polar surface area (TPSA) is 56.7 Å². The molecule has 90 valence electrons. The zero-order chi connectivity index (χ0) is 12.5. The van der Waals surface area contributed by atoms with E-state index in [1.807, 2.05) is 24.3 Å². The Bertz CT molecular complexity index is 705. The second-order valence-corrected chi connectivity index (χ2v) is 3.97. The van der Waals surface area contributed by atoms with E-state index in [2.05, 4.69) is 10.3 Å². The molecule has 5 heteroatoms. The molecule has 18 heavy (non-hydrogen) atoms. The number of hydrogen-bond acceptors (Lipinski definition) is 3. The van der Waals surface area contributed by atoms with Gasteiger partial charge >= 0.3 is 0 Å². The minimum absolute atomic E-state index is 0.318. The van der Waals surface area contributed by atoms with Gasteiger partial charge < -0.3 is 5.73 Å². The standard InChI is InChI=1S/C13H11FN4/c14-10-6-5-9(8-15)13(7-10)18-12-4-2-1-3-11(12)16-17-18/h1-7H,8,15H2. The van der Waals surface area contributed by atoms with E-state index in [1.165, 1.54) is 12.1 Å². The number of fused-ring (bicyclic) bond motifs is 1. The van der Waals surface area contributed by atoms with Crippen LogP contribution in [0.5, 0.6) is 0 Å². The van der Waals surface area contributed by atoms with Crippen molar-refractivity contribution in [2.24, 2.45) is 5.73 Å². The van der Waals surface area contributed by atoms with Crippen LogP contribution in [0.2, 0.25) is 0 Å². The monoisotopic (exact) mass is 242 g/mol. The van der Waals surface area contributed by atoms with Crippen LogP contribution in [-0.2, 0) is 6.54 Å². The highest BCUT2D eigenvalue weighted by Gasteiger charge is 2.10. The minimum atomic E-state index is -0.318. The van der Waals surface area contributed by atoms with E-state index in [9.17, 15) is 4.39 Å². The first kappa shape index (κ1) is 10.9. The molecule has 0 aliphatic carbocycles. The summed E-state index contributed by atoms with van der Waals surface area (Å²) in [5.74, 6) is -0.318. The number of benzene rings is 2. The van der Waals surface area contributed by atoms with Crippen molar-refractivity contribution in [3.05, 3.63) is 53.8 Å². The fourth-order valence-corrected chi connectivity index (χ4v) is 1.95. The van der Waals surface area contributed by atoms with Gasteiger partial charge in [0, 0.05) is 6.54 Å². The molecule has 3 rings (SSSR count). The second kappa shape index (κ2) is 4.19. The predicted octanol–water partition coefficient (Wildman–Crippen LogP) is 2.02. The van der Waals surface area contributed by atoms with Gasteiger partial charge in [0.25, 0.3) is 0 Å². The molecule has 0 atom stereocenters. The number of nitrogens with zero attached hydrogens (tertiary/aromatic N) is 3. The maximum atomic E-state index is 13.4. The van der Waals surface area contributed by atoms with Crippen molar-refractivity contribution in [1.29, 1.82) is 0 Å². The smallest absolute Gasteiger partial charge is 0.125 e. The largest absolute Gasteiger partial charge is 0.326 e. The van der Waals surface area contributed by atoms with Gasteiger partial charge in [0.05, 0.1) is 11.2 Å². The zero-order valence-corrected chi connectivity index (χ0v) is 9.55. The van der Waals surface area contributed by atoms with E-state index in [0.29, 0.717) is 12.2 Å². The summed E-state index contributed by atoms with van der Waals surface area (Å²) in [6.45, 7) is 0.323. The molecule has 0 amide bonds. The van der Waals surface area contributed by atoms with Gasteiger partial charge in [0.1, 0.15) is 11.3 Å². The first-order valence-corrected chi connectivity index (χ1v) is 5.59. The molecule has 0 aliphatic heterocycles. The average molecular weight is 242 g/mol. The van der Waals surface area contributed by atoms with Crippen molar-refractivity contribution in [1.82, 2.24) is 15.0 Å². The Hall–Kier alpha value is -2.27. The van der Waals surface area contributed by atoms with Crippen molar-refractivity contribution in [2.75, 3.05) is 0 Å². The lowest BCUT2D eigenvalue weighted by Crippen LogP contribution is -2.06. The third-order valence-electron chi connectivity index (χ3n) is 2.85. The Morgan fingerprint density at radius 2 is 2.00 bits per heavy atom. The van der Waals surface area contributed by atoms with Crippen LogP contribution in [0.15, 0.2) is 42.5 Å². The van der Waals surface area contributed by atoms with Crippen LogP contribution in [0.1, 0.15) is 5.56 Å². The lowest BCUT2D eigenvalue weighted by Gasteiger charge is -2.08. The van der Waals surface area contributed by atoms with Gasteiger partial charge in [-0.15, -0.1) is 5.10 Å². The number of rotatable bonds is 2. The molecule has 2 N–H and O–H groups in total. The summed E-state index contributed by atoms with van der Waals surface area (Å²) in [5.41, 5.74) is 8.72. The molecule has 3 aromatic rings. The fourth-order valence-electron chi connectivity index (χ4n) is 1.95. The first-order valence-electron chi connectivity index (χ1n) is 5.59. The highest BCUT2D eigenvalue weighted by Crippen LogP contribution is 2.20. The summed E-state index contributed by atoms with van der Waals surface area (Å²) in [7, 11) is 0. The van der Waals surface area contributed by atoms with Gasteiger partial charge in [0.15, 0.2) is 0 Å². The molecular formula is C13H11FN4. The Morgan fingerprint density at radius 3 is 2.83 bits per heavy atom. The average Bonchev–Trinajstić information content (AvgIpc) is 2.82. The lowest BCUT2D eigenvalue weighted by atomic mass is 10.1. The van der Waals surface area contributed by atoms with Crippen LogP contribution >= 0.6 is 0 Å². The van der Waals surface area contributed by atoms with Gasteiger partial charge in [-0.05, 0) is 29.8 Å². The van der Waals surface area contributed by atoms with Crippen LogP contribution in [0.3, 0.4) is 0 Å². The molecule has 0 bridgehead atoms. The van der Waals surface area contributed by atoms with E-state index < -0.39 is 0 Å². The number of para-hydroxylation sites is 1. The molecule has 4 nitrogen and oxygen atoms in total. The van der Waals surface area contributed by atoms with E-state index in [-0.39, 0.29) is 5.82 Å². The quantitative estimate of drug-likeness (QED) is 0.748. The Kier molecular flexibility index (Phi) is 2.53. The molecule has 0 spiro atoms. The third kappa shape index (κ3) is 1.65. The summed E-state index contributed by atoms with van der Waals surface area (Å²) >= 11 is 0. The first-order chi connectivity index (χ1) is 8.79. The number of hydrogen-bond donors (Lipinski definition) is 1. The summed E-state index contributed by atoms with van der Waals surface area (Å²) < 4.78 is 15.0. The molecule has 0 unspecified atom stereocenters.